The summed E-state index contributed by atoms with van der Waals surface area (Å²) in [4.78, 5) is 0. The van der Waals surface area contributed by atoms with Crippen LogP contribution < -0.4 is 5.73 Å². The van der Waals surface area contributed by atoms with Crippen molar-refractivity contribution in [1.82, 2.24) is 0 Å². The lowest BCUT2D eigenvalue weighted by molar-refractivity contribution is 0.200. The maximum absolute atomic E-state index is 9.74. The van der Waals surface area contributed by atoms with Gasteiger partial charge in [-0.1, -0.05) is 39.8 Å². The molecule has 0 spiro atoms. The van der Waals surface area contributed by atoms with Crippen LogP contribution in [0.2, 0.25) is 0 Å². The highest BCUT2D eigenvalue weighted by atomic mass is 16.3. The molecule has 0 amide bonds. The van der Waals surface area contributed by atoms with E-state index in [0.29, 0.717) is 11.8 Å². The van der Waals surface area contributed by atoms with E-state index < -0.39 is 6.10 Å². The molecule has 1 aromatic rings. The van der Waals surface area contributed by atoms with Gasteiger partial charge in [0, 0.05) is 11.3 Å². The van der Waals surface area contributed by atoms with Gasteiger partial charge < -0.3 is 10.8 Å². The van der Waals surface area contributed by atoms with Gasteiger partial charge in [0.15, 0.2) is 0 Å². The molecule has 0 aliphatic carbocycles. The van der Waals surface area contributed by atoms with Crippen LogP contribution in [0.3, 0.4) is 0 Å². The van der Waals surface area contributed by atoms with Gasteiger partial charge in [0.1, 0.15) is 0 Å². The van der Waals surface area contributed by atoms with Crippen LogP contribution in [0.5, 0.6) is 0 Å². The first-order valence-electron chi connectivity index (χ1n) is 5.95. The molecule has 90 valence electrons. The van der Waals surface area contributed by atoms with E-state index in [1.807, 2.05) is 6.07 Å². The molecule has 2 heteroatoms. The third-order valence-corrected chi connectivity index (χ3v) is 3.01. The van der Waals surface area contributed by atoms with E-state index in [0.717, 1.165) is 16.8 Å². The van der Waals surface area contributed by atoms with Crippen LogP contribution in [0.4, 0.5) is 5.69 Å². The smallest absolute Gasteiger partial charge is 0.0782 e. The van der Waals surface area contributed by atoms with Crippen molar-refractivity contribution in [2.75, 3.05) is 5.73 Å². The highest BCUT2D eigenvalue weighted by molar-refractivity contribution is 5.58. The average molecular weight is 221 g/mol. The molecule has 0 aliphatic heterocycles. The topological polar surface area (TPSA) is 46.2 Å². The molecule has 16 heavy (non-hydrogen) atoms. The zero-order valence-electron chi connectivity index (χ0n) is 10.9. The van der Waals surface area contributed by atoms with Crippen LogP contribution in [0.1, 0.15) is 69.2 Å². The number of rotatable bonds is 3. The summed E-state index contributed by atoms with van der Waals surface area (Å²) in [5, 5.41) is 9.74. The van der Waals surface area contributed by atoms with Crippen molar-refractivity contribution in [3.05, 3.63) is 28.8 Å². The van der Waals surface area contributed by atoms with E-state index >= 15 is 0 Å². The van der Waals surface area contributed by atoms with Crippen molar-refractivity contribution in [2.45, 2.75) is 52.6 Å². The Hall–Kier alpha value is -1.02. The van der Waals surface area contributed by atoms with Crippen LogP contribution in [0.25, 0.3) is 0 Å². The Balaban J connectivity index is 3.39. The molecule has 1 unspecified atom stereocenters. The van der Waals surface area contributed by atoms with Crippen LogP contribution in [0, 0.1) is 0 Å². The lowest BCUT2D eigenvalue weighted by Gasteiger charge is -2.19. The first kappa shape index (κ1) is 13.0. The summed E-state index contributed by atoms with van der Waals surface area (Å²) in [5.74, 6) is 0.840. The standard InChI is InChI=1S/C14H23NO/c1-8(2)11-6-12(9(3)4)14(15)13(7-11)10(5)16/h6-10,16H,15H2,1-5H3. The van der Waals surface area contributed by atoms with E-state index in [1.165, 1.54) is 5.56 Å². The lowest BCUT2D eigenvalue weighted by atomic mass is 9.90. The number of hydrogen-bond acceptors (Lipinski definition) is 2. The fraction of sp³-hybridized carbons (Fsp3) is 0.571. The molecule has 0 saturated heterocycles. The molecular weight excluding hydrogens is 198 g/mol. The van der Waals surface area contributed by atoms with Crippen molar-refractivity contribution in [1.29, 1.82) is 0 Å². The fourth-order valence-corrected chi connectivity index (χ4v) is 1.88. The van der Waals surface area contributed by atoms with Crippen molar-refractivity contribution < 1.29 is 5.11 Å². The second-order valence-electron chi connectivity index (χ2n) is 5.10. The summed E-state index contributed by atoms with van der Waals surface area (Å²) in [5.41, 5.74) is 10.1. The second-order valence-corrected chi connectivity index (χ2v) is 5.10. The predicted octanol–water partition coefficient (Wildman–Crippen LogP) is 3.57. The molecule has 0 bridgehead atoms. The summed E-state index contributed by atoms with van der Waals surface area (Å²) in [7, 11) is 0. The van der Waals surface area contributed by atoms with Crippen LogP contribution in [-0.4, -0.2) is 5.11 Å². The Bertz CT molecular complexity index is 338. The molecule has 1 aromatic carbocycles. The second kappa shape index (κ2) is 4.88. The first-order chi connectivity index (χ1) is 7.34. The van der Waals surface area contributed by atoms with Gasteiger partial charge in [0.25, 0.3) is 0 Å². The summed E-state index contributed by atoms with van der Waals surface area (Å²) in [6.45, 7) is 10.3. The third-order valence-electron chi connectivity index (χ3n) is 3.01. The molecule has 0 aromatic heterocycles. The molecule has 0 radical (unpaired) electrons. The summed E-state index contributed by atoms with van der Waals surface area (Å²) < 4.78 is 0. The highest BCUT2D eigenvalue weighted by Crippen LogP contribution is 2.32. The maximum Gasteiger partial charge on any atom is 0.0782 e. The van der Waals surface area contributed by atoms with E-state index in [4.69, 9.17) is 5.73 Å². The number of anilines is 1. The van der Waals surface area contributed by atoms with Crippen molar-refractivity contribution in [2.24, 2.45) is 0 Å². The Kier molecular flexibility index (Phi) is 3.98. The van der Waals surface area contributed by atoms with E-state index in [9.17, 15) is 5.11 Å². The Morgan fingerprint density at radius 1 is 0.938 bits per heavy atom. The number of aliphatic hydroxyl groups is 1. The highest BCUT2D eigenvalue weighted by Gasteiger charge is 2.15. The number of hydrogen-bond donors (Lipinski definition) is 2. The summed E-state index contributed by atoms with van der Waals surface area (Å²) in [6.07, 6.45) is -0.504. The van der Waals surface area contributed by atoms with Crippen molar-refractivity contribution in [3.8, 4) is 0 Å². The minimum absolute atomic E-state index is 0.385. The predicted molar refractivity (Wildman–Crippen MR) is 69.7 cm³/mol. The summed E-state index contributed by atoms with van der Waals surface area (Å²) in [6, 6.07) is 4.19. The maximum atomic E-state index is 9.74. The Labute approximate surface area is 98.5 Å². The molecule has 1 rings (SSSR count). The van der Waals surface area contributed by atoms with Crippen LogP contribution >= 0.6 is 0 Å². The molecule has 0 aliphatic rings. The molecule has 0 saturated carbocycles. The fourth-order valence-electron chi connectivity index (χ4n) is 1.88. The van der Waals surface area contributed by atoms with Gasteiger partial charge in [0.2, 0.25) is 0 Å². The SMILES string of the molecule is CC(C)c1cc(C(C)C)c(N)c(C(C)O)c1. The van der Waals surface area contributed by atoms with Gasteiger partial charge in [-0.15, -0.1) is 0 Å². The molecule has 0 fully saturated rings. The van der Waals surface area contributed by atoms with Gasteiger partial charge in [-0.3, -0.25) is 0 Å². The Morgan fingerprint density at radius 2 is 1.44 bits per heavy atom. The number of nitrogens with two attached hydrogens (primary N) is 1. The third kappa shape index (κ3) is 2.56. The number of benzene rings is 1. The largest absolute Gasteiger partial charge is 0.398 e. The monoisotopic (exact) mass is 221 g/mol. The Morgan fingerprint density at radius 3 is 1.81 bits per heavy atom. The minimum Gasteiger partial charge on any atom is -0.398 e. The van der Waals surface area contributed by atoms with Crippen molar-refractivity contribution in [3.63, 3.8) is 0 Å². The number of aliphatic hydroxyl groups excluding tert-OH is 1. The molecule has 0 heterocycles. The summed E-state index contributed by atoms with van der Waals surface area (Å²) >= 11 is 0. The van der Waals surface area contributed by atoms with E-state index in [2.05, 4.69) is 33.8 Å². The van der Waals surface area contributed by atoms with Gasteiger partial charge >= 0.3 is 0 Å². The van der Waals surface area contributed by atoms with Gasteiger partial charge in [-0.2, -0.15) is 0 Å². The van der Waals surface area contributed by atoms with Gasteiger partial charge in [-0.25, -0.2) is 0 Å². The molecular formula is C14H23NO. The van der Waals surface area contributed by atoms with E-state index in [-0.39, 0.29) is 0 Å². The van der Waals surface area contributed by atoms with Crippen LogP contribution in [-0.2, 0) is 0 Å². The lowest BCUT2D eigenvalue weighted by Crippen LogP contribution is -2.06. The van der Waals surface area contributed by atoms with Gasteiger partial charge in [-0.05, 0) is 29.9 Å². The quantitative estimate of drug-likeness (QED) is 0.766. The average Bonchev–Trinajstić information content (AvgIpc) is 2.16. The van der Waals surface area contributed by atoms with Crippen molar-refractivity contribution >= 4 is 5.69 Å². The minimum atomic E-state index is -0.504. The van der Waals surface area contributed by atoms with E-state index in [1.54, 1.807) is 6.92 Å². The molecule has 2 nitrogen and oxygen atoms in total. The normalized spacial score (nSPS) is 13.5. The first-order valence-corrected chi connectivity index (χ1v) is 5.95. The van der Waals surface area contributed by atoms with Gasteiger partial charge in [0.05, 0.1) is 6.10 Å². The number of nitrogen functional groups attached to an aromatic ring is 1. The van der Waals surface area contributed by atoms with Crippen LogP contribution in [0.15, 0.2) is 12.1 Å². The zero-order chi connectivity index (χ0) is 12.5. The zero-order valence-corrected chi connectivity index (χ0v) is 10.9. The molecule has 3 N–H and O–H groups in total. The molecule has 1 atom stereocenters.